The van der Waals surface area contributed by atoms with Gasteiger partial charge in [-0.3, -0.25) is 4.79 Å². The molecule has 2 N–H and O–H groups in total. The summed E-state index contributed by atoms with van der Waals surface area (Å²) in [7, 11) is 0. The van der Waals surface area contributed by atoms with Gasteiger partial charge in [-0.1, -0.05) is 31.2 Å². The third kappa shape index (κ3) is 3.43. The van der Waals surface area contributed by atoms with Crippen molar-refractivity contribution in [3.8, 4) is 0 Å². The van der Waals surface area contributed by atoms with Crippen LogP contribution in [0.15, 0.2) is 24.3 Å². The maximum absolute atomic E-state index is 13.0. The Balaban J connectivity index is 1.30. The molecule has 6 rings (SSSR count). The molecule has 4 bridgehead atoms. The van der Waals surface area contributed by atoms with Crippen molar-refractivity contribution in [1.82, 2.24) is 15.5 Å². The molecule has 0 aromatic heterocycles. The maximum atomic E-state index is 13.0. The van der Waals surface area contributed by atoms with Crippen LogP contribution in [0.1, 0.15) is 81.8 Å². The standard InChI is InChI=1S/C24H33N3O2/c1-16(28)27-9-7-19(8-10-27)25-22(29)26-24-13-17-11-23(2,15-24)12-18(14-24)21-6-4-3-5-20(17)21/h3-6,17-19H,7-15H2,1-2H3,(H2,25,26,29). The molecule has 2 saturated carbocycles. The number of hydrogen-bond donors (Lipinski definition) is 2. The molecule has 2 atom stereocenters. The molecule has 1 aromatic rings. The molecule has 5 aliphatic rings. The monoisotopic (exact) mass is 395 g/mol. The van der Waals surface area contributed by atoms with E-state index >= 15 is 0 Å². The van der Waals surface area contributed by atoms with Gasteiger partial charge in [0.05, 0.1) is 0 Å². The minimum Gasteiger partial charge on any atom is -0.343 e. The topological polar surface area (TPSA) is 61.4 Å². The van der Waals surface area contributed by atoms with Crippen LogP contribution >= 0.6 is 0 Å². The van der Waals surface area contributed by atoms with Crippen molar-refractivity contribution in [2.75, 3.05) is 13.1 Å². The van der Waals surface area contributed by atoms with Crippen molar-refractivity contribution in [3.05, 3.63) is 35.4 Å². The molecule has 5 nitrogen and oxygen atoms in total. The first kappa shape index (κ1) is 19.0. The molecule has 156 valence electrons. The van der Waals surface area contributed by atoms with Gasteiger partial charge in [-0.2, -0.15) is 0 Å². The van der Waals surface area contributed by atoms with Crippen LogP contribution in [-0.4, -0.2) is 41.5 Å². The number of nitrogens with one attached hydrogen (secondary N) is 2. The molecule has 2 unspecified atom stereocenters. The third-order valence-corrected chi connectivity index (χ3v) is 8.05. The lowest BCUT2D eigenvalue weighted by Crippen LogP contribution is -2.60. The summed E-state index contributed by atoms with van der Waals surface area (Å²) in [4.78, 5) is 26.4. The Morgan fingerprint density at radius 3 is 2.14 bits per heavy atom. The van der Waals surface area contributed by atoms with E-state index in [1.54, 1.807) is 6.92 Å². The molecular formula is C24H33N3O2. The summed E-state index contributed by atoms with van der Waals surface area (Å²) in [5.74, 6) is 1.23. The first-order valence-electron chi connectivity index (χ1n) is 11.3. The number of likely N-dealkylation sites (tertiary alicyclic amines) is 1. The normalized spacial score (nSPS) is 35.7. The summed E-state index contributed by atoms with van der Waals surface area (Å²) in [5, 5.41) is 6.69. The Kier molecular flexibility index (Phi) is 4.41. The van der Waals surface area contributed by atoms with Crippen LogP contribution in [0.2, 0.25) is 0 Å². The predicted molar refractivity (Wildman–Crippen MR) is 113 cm³/mol. The summed E-state index contributed by atoms with van der Waals surface area (Å²) < 4.78 is 0. The molecule has 1 heterocycles. The number of nitrogens with zero attached hydrogens (tertiary/aromatic N) is 1. The zero-order valence-electron chi connectivity index (χ0n) is 17.7. The van der Waals surface area contributed by atoms with E-state index in [0.29, 0.717) is 17.3 Å². The second-order valence-electron chi connectivity index (χ2n) is 10.5. The summed E-state index contributed by atoms with van der Waals surface area (Å²) in [6.45, 7) is 5.53. The van der Waals surface area contributed by atoms with Gasteiger partial charge in [0.1, 0.15) is 0 Å². The van der Waals surface area contributed by atoms with Gasteiger partial charge in [-0.25, -0.2) is 4.79 Å². The van der Waals surface area contributed by atoms with Crippen molar-refractivity contribution in [2.45, 2.75) is 82.2 Å². The lowest BCUT2D eigenvalue weighted by molar-refractivity contribution is -0.129. The van der Waals surface area contributed by atoms with Crippen molar-refractivity contribution < 1.29 is 9.59 Å². The molecular weight excluding hydrogens is 362 g/mol. The minimum absolute atomic E-state index is 0.0131. The minimum atomic E-state index is -0.0935. The smallest absolute Gasteiger partial charge is 0.315 e. The number of hydrogen-bond acceptors (Lipinski definition) is 2. The first-order chi connectivity index (χ1) is 13.8. The van der Waals surface area contributed by atoms with E-state index in [0.717, 1.165) is 45.2 Å². The van der Waals surface area contributed by atoms with Crippen molar-refractivity contribution in [2.24, 2.45) is 5.41 Å². The van der Waals surface area contributed by atoms with Gasteiger partial charge >= 0.3 is 6.03 Å². The SMILES string of the molecule is CC(=O)N1CCC(NC(=O)NC23CC4CC(C)(CC(C2)c2ccccc24)C3)CC1. The van der Waals surface area contributed by atoms with Gasteiger partial charge in [-0.05, 0) is 73.3 Å². The quantitative estimate of drug-likeness (QED) is 0.798. The Bertz CT molecular complexity index is 792. The fraction of sp³-hybridized carbons (Fsp3) is 0.667. The van der Waals surface area contributed by atoms with E-state index in [4.69, 9.17) is 0 Å². The highest BCUT2D eigenvalue weighted by atomic mass is 16.2. The number of benzene rings is 1. The molecule has 4 aliphatic carbocycles. The zero-order chi connectivity index (χ0) is 20.2. The molecule has 0 radical (unpaired) electrons. The summed E-state index contributed by atoms with van der Waals surface area (Å²) in [5.41, 5.74) is 3.28. The highest BCUT2D eigenvalue weighted by Gasteiger charge is 2.55. The van der Waals surface area contributed by atoms with E-state index in [1.165, 1.54) is 24.0 Å². The number of amides is 3. The van der Waals surface area contributed by atoms with Crippen LogP contribution in [0.3, 0.4) is 0 Å². The van der Waals surface area contributed by atoms with E-state index in [-0.39, 0.29) is 23.5 Å². The van der Waals surface area contributed by atoms with Crippen molar-refractivity contribution in [1.29, 1.82) is 0 Å². The lowest BCUT2D eigenvalue weighted by Gasteiger charge is -2.54. The Morgan fingerprint density at radius 2 is 1.59 bits per heavy atom. The van der Waals surface area contributed by atoms with Crippen LogP contribution in [0.4, 0.5) is 4.79 Å². The second-order valence-corrected chi connectivity index (χ2v) is 10.5. The molecule has 29 heavy (non-hydrogen) atoms. The van der Waals surface area contributed by atoms with E-state index < -0.39 is 0 Å². The maximum Gasteiger partial charge on any atom is 0.315 e. The fourth-order valence-corrected chi connectivity index (χ4v) is 7.19. The van der Waals surface area contributed by atoms with E-state index in [9.17, 15) is 9.59 Å². The fourth-order valence-electron chi connectivity index (χ4n) is 7.19. The van der Waals surface area contributed by atoms with Crippen LogP contribution in [0.5, 0.6) is 0 Å². The van der Waals surface area contributed by atoms with Gasteiger partial charge in [0.2, 0.25) is 5.91 Å². The molecule has 3 fully saturated rings. The van der Waals surface area contributed by atoms with Gasteiger partial charge in [0.15, 0.2) is 0 Å². The highest BCUT2D eigenvalue weighted by molar-refractivity contribution is 5.76. The van der Waals surface area contributed by atoms with Gasteiger partial charge < -0.3 is 15.5 Å². The summed E-state index contributed by atoms with van der Waals surface area (Å²) in [6, 6.07) is 9.14. The van der Waals surface area contributed by atoms with Crippen LogP contribution in [-0.2, 0) is 4.79 Å². The zero-order valence-corrected chi connectivity index (χ0v) is 17.7. The Morgan fingerprint density at radius 1 is 1.00 bits per heavy atom. The average molecular weight is 396 g/mol. The molecule has 1 saturated heterocycles. The van der Waals surface area contributed by atoms with Gasteiger partial charge in [-0.15, -0.1) is 0 Å². The summed E-state index contributed by atoms with van der Waals surface area (Å²) >= 11 is 0. The number of piperidine rings is 1. The molecule has 1 aromatic carbocycles. The Hall–Kier alpha value is -2.04. The number of carbonyl (C=O) groups is 2. The molecule has 1 aliphatic heterocycles. The lowest BCUT2D eigenvalue weighted by atomic mass is 9.55. The van der Waals surface area contributed by atoms with E-state index in [2.05, 4.69) is 41.8 Å². The van der Waals surface area contributed by atoms with Gasteiger partial charge in [0, 0.05) is 31.6 Å². The second kappa shape index (κ2) is 6.75. The number of rotatable bonds is 2. The first-order valence-corrected chi connectivity index (χ1v) is 11.3. The highest BCUT2D eigenvalue weighted by Crippen LogP contribution is 2.62. The van der Waals surface area contributed by atoms with E-state index in [1.807, 2.05) is 4.90 Å². The van der Waals surface area contributed by atoms with Crippen molar-refractivity contribution in [3.63, 3.8) is 0 Å². The van der Waals surface area contributed by atoms with Crippen LogP contribution < -0.4 is 10.6 Å². The largest absolute Gasteiger partial charge is 0.343 e. The number of carbonyl (C=O) groups excluding carboxylic acids is 2. The molecule has 0 spiro atoms. The third-order valence-electron chi connectivity index (χ3n) is 8.05. The molecule has 5 heteroatoms. The average Bonchev–Trinajstić information content (AvgIpc) is 2.80. The Labute approximate surface area is 173 Å². The van der Waals surface area contributed by atoms with Gasteiger partial charge in [0.25, 0.3) is 0 Å². The van der Waals surface area contributed by atoms with Crippen LogP contribution in [0.25, 0.3) is 0 Å². The van der Waals surface area contributed by atoms with Crippen molar-refractivity contribution >= 4 is 11.9 Å². The van der Waals surface area contributed by atoms with Crippen LogP contribution in [0, 0.1) is 5.41 Å². The summed E-state index contributed by atoms with van der Waals surface area (Å²) in [6.07, 6.45) is 7.39. The molecule has 3 amide bonds. The predicted octanol–water partition coefficient (Wildman–Crippen LogP) is 3.90. The number of urea groups is 1.